The van der Waals surface area contributed by atoms with Gasteiger partial charge in [-0.2, -0.15) is 0 Å². The molecule has 0 amide bonds. The van der Waals surface area contributed by atoms with Crippen LogP contribution in [0.4, 0.5) is 0 Å². The third kappa shape index (κ3) is 9.73. The van der Waals surface area contributed by atoms with Crippen molar-refractivity contribution >= 4 is 0 Å². The number of hydrogen-bond donors (Lipinski definition) is 0. The van der Waals surface area contributed by atoms with E-state index in [0.29, 0.717) is 0 Å². The van der Waals surface area contributed by atoms with Gasteiger partial charge in [-0.1, -0.05) is 78.6 Å². The summed E-state index contributed by atoms with van der Waals surface area (Å²) in [6.07, 6.45) is 19.3. The van der Waals surface area contributed by atoms with Gasteiger partial charge in [0.1, 0.15) is 5.75 Å². The van der Waals surface area contributed by atoms with Crippen LogP contribution < -0.4 is 4.74 Å². The van der Waals surface area contributed by atoms with Gasteiger partial charge < -0.3 is 4.74 Å². The Hall–Kier alpha value is -1.90. The molecule has 0 bridgehead atoms. The van der Waals surface area contributed by atoms with Gasteiger partial charge in [-0.15, -0.1) is 0 Å². The van der Waals surface area contributed by atoms with Crippen molar-refractivity contribution in [2.45, 2.75) is 97.8 Å². The van der Waals surface area contributed by atoms with Gasteiger partial charge in [0.25, 0.3) is 0 Å². The van der Waals surface area contributed by atoms with Crippen molar-refractivity contribution in [1.29, 1.82) is 0 Å². The van der Waals surface area contributed by atoms with Gasteiger partial charge in [0.2, 0.25) is 0 Å². The SMILES string of the molecule is CCCCCCCCOc1ccc(-c2ncc(CCCCC[C@@H](C)CC)cn2)cc1. The van der Waals surface area contributed by atoms with Gasteiger partial charge in [-0.3, -0.25) is 0 Å². The van der Waals surface area contributed by atoms with Gasteiger partial charge in [0.05, 0.1) is 6.61 Å². The molecule has 0 fully saturated rings. The van der Waals surface area contributed by atoms with Crippen molar-refractivity contribution in [2.75, 3.05) is 6.61 Å². The van der Waals surface area contributed by atoms with Crippen molar-refractivity contribution in [3.05, 3.63) is 42.2 Å². The molecule has 0 unspecified atom stereocenters. The molecule has 0 aliphatic rings. The number of ether oxygens (including phenoxy) is 1. The molecule has 3 nitrogen and oxygen atoms in total. The summed E-state index contributed by atoms with van der Waals surface area (Å²) in [6, 6.07) is 8.17. The number of rotatable bonds is 16. The van der Waals surface area contributed by atoms with E-state index in [1.54, 1.807) is 0 Å². The molecular weight excluding hydrogens is 368 g/mol. The summed E-state index contributed by atoms with van der Waals surface area (Å²) >= 11 is 0. The molecule has 0 aliphatic heterocycles. The molecule has 0 saturated heterocycles. The van der Waals surface area contributed by atoms with Crippen LogP contribution in [-0.2, 0) is 6.42 Å². The van der Waals surface area contributed by atoms with Crippen LogP contribution in [0.15, 0.2) is 36.7 Å². The Balaban J connectivity index is 1.68. The van der Waals surface area contributed by atoms with Gasteiger partial charge in [0.15, 0.2) is 5.82 Å². The lowest BCUT2D eigenvalue weighted by atomic mass is 10.00. The molecule has 0 spiro atoms. The Morgan fingerprint density at radius 2 is 1.47 bits per heavy atom. The number of hydrogen-bond acceptors (Lipinski definition) is 3. The van der Waals surface area contributed by atoms with Gasteiger partial charge in [-0.25, -0.2) is 9.97 Å². The average Bonchev–Trinajstić information content (AvgIpc) is 2.79. The lowest BCUT2D eigenvalue weighted by Gasteiger charge is -2.08. The minimum atomic E-state index is 0.790. The Bertz CT molecular complexity index is 666. The molecule has 1 heterocycles. The lowest BCUT2D eigenvalue weighted by molar-refractivity contribution is 0.304. The van der Waals surface area contributed by atoms with E-state index in [9.17, 15) is 0 Å². The topological polar surface area (TPSA) is 35.0 Å². The fraction of sp³-hybridized carbons (Fsp3) is 0.630. The first-order valence-electron chi connectivity index (χ1n) is 12.3. The Morgan fingerprint density at radius 3 is 2.17 bits per heavy atom. The van der Waals surface area contributed by atoms with Gasteiger partial charge in [-0.05, 0) is 55.0 Å². The number of unbranched alkanes of at least 4 members (excludes halogenated alkanes) is 7. The van der Waals surface area contributed by atoms with Crippen LogP contribution in [0.1, 0.15) is 97.0 Å². The summed E-state index contributed by atoms with van der Waals surface area (Å²) in [6.45, 7) is 7.68. The van der Waals surface area contributed by atoms with E-state index in [4.69, 9.17) is 4.74 Å². The highest BCUT2D eigenvalue weighted by Gasteiger charge is 2.04. The van der Waals surface area contributed by atoms with Crippen molar-refractivity contribution in [1.82, 2.24) is 9.97 Å². The Kier molecular flexibility index (Phi) is 12.2. The van der Waals surface area contributed by atoms with Gasteiger partial charge >= 0.3 is 0 Å². The molecule has 3 heteroatoms. The molecule has 166 valence electrons. The van der Waals surface area contributed by atoms with E-state index >= 15 is 0 Å². The zero-order chi connectivity index (χ0) is 21.4. The van der Waals surface area contributed by atoms with Gasteiger partial charge in [0, 0.05) is 18.0 Å². The van der Waals surface area contributed by atoms with Crippen LogP contribution in [0.2, 0.25) is 0 Å². The molecule has 2 rings (SSSR count). The third-order valence-electron chi connectivity index (χ3n) is 5.94. The summed E-state index contributed by atoms with van der Waals surface area (Å²) in [4.78, 5) is 9.16. The summed E-state index contributed by atoms with van der Waals surface area (Å²) in [5.74, 6) is 2.58. The van der Waals surface area contributed by atoms with Crippen LogP contribution in [0.25, 0.3) is 11.4 Å². The fourth-order valence-corrected chi connectivity index (χ4v) is 3.61. The highest BCUT2D eigenvalue weighted by Crippen LogP contribution is 2.20. The molecule has 0 radical (unpaired) electrons. The molecular formula is C27H42N2O. The zero-order valence-corrected chi connectivity index (χ0v) is 19.5. The van der Waals surface area contributed by atoms with Crippen LogP contribution >= 0.6 is 0 Å². The maximum atomic E-state index is 5.87. The number of aromatic nitrogens is 2. The Labute approximate surface area is 184 Å². The molecule has 0 N–H and O–H groups in total. The fourth-order valence-electron chi connectivity index (χ4n) is 3.61. The zero-order valence-electron chi connectivity index (χ0n) is 19.5. The quantitative estimate of drug-likeness (QED) is 0.263. The molecule has 0 aliphatic carbocycles. The summed E-state index contributed by atoms with van der Waals surface area (Å²) < 4.78 is 5.87. The van der Waals surface area contributed by atoms with E-state index in [1.807, 2.05) is 24.5 Å². The molecule has 1 aromatic heterocycles. The minimum absolute atomic E-state index is 0.790. The summed E-state index contributed by atoms with van der Waals surface area (Å²) in [5, 5.41) is 0. The first-order chi connectivity index (χ1) is 14.7. The molecule has 30 heavy (non-hydrogen) atoms. The van der Waals surface area contributed by atoms with Crippen LogP contribution in [0.3, 0.4) is 0 Å². The van der Waals surface area contributed by atoms with E-state index in [1.165, 1.54) is 69.8 Å². The maximum absolute atomic E-state index is 5.87. The van der Waals surface area contributed by atoms with E-state index in [2.05, 4.69) is 42.9 Å². The molecule has 2 aromatic rings. The lowest BCUT2D eigenvalue weighted by Crippen LogP contribution is -1.97. The normalized spacial score (nSPS) is 12.1. The average molecular weight is 411 g/mol. The first-order valence-corrected chi connectivity index (χ1v) is 12.3. The predicted octanol–water partition coefficient (Wildman–Crippen LogP) is 8.03. The molecule has 0 saturated carbocycles. The van der Waals surface area contributed by atoms with E-state index < -0.39 is 0 Å². The van der Waals surface area contributed by atoms with Crippen molar-refractivity contribution in [2.24, 2.45) is 5.92 Å². The highest BCUT2D eigenvalue weighted by atomic mass is 16.5. The van der Waals surface area contributed by atoms with E-state index in [0.717, 1.165) is 42.5 Å². The van der Waals surface area contributed by atoms with E-state index in [-0.39, 0.29) is 0 Å². The first kappa shape index (κ1) is 24.4. The second-order valence-corrected chi connectivity index (χ2v) is 8.67. The van der Waals surface area contributed by atoms with Crippen molar-refractivity contribution < 1.29 is 4.74 Å². The highest BCUT2D eigenvalue weighted by molar-refractivity contribution is 5.55. The summed E-state index contributed by atoms with van der Waals surface area (Å²) in [5.41, 5.74) is 2.28. The molecule has 1 aromatic carbocycles. The van der Waals surface area contributed by atoms with Crippen molar-refractivity contribution in [3.63, 3.8) is 0 Å². The Morgan fingerprint density at radius 1 is 0.800 bits per heavy atom. The second-order valence-electron chi connectivity index (χ2n) is 8.67. The monoisotopic (exact) mass is 410 g/mol. The smallest absolute Gasteiger partial charge is 0.159 e. The van der Waals surface area contributed by atoms with Crippen molar-refractivity contribution in [3.8, 4) is 17.1 Å². The van der Waals surface area contributed by atoms with Crippen LogP contribution in [-0.4, -0.2) is 16.6 Å². The third-order valence-corrected chi connectivity index (χ3v) is 5.94. The maximum Gasteiger partial charge on any atom is 0.159 e. The number of aryl methyl sites for hydroxylation is 1. The van der Waals surface area contributed by atoms with Crippen LogP contribution in [0.5, 0.6) is 5.75 Å². The summed E-state index contributed by atoms with van der Waals surface area (Å²) in [7, 11) is 0. The standard InChI is InChI=1S/C27H42N2O/c1-4-6-7-8-9-13-20-30-26-18-16-25(17-19-26)27-28-21-24(22-29-27)15-12-10-11-14-23(3)5-2/h16-19,21-23H,4-15,20H2,1-3H3/t23-/m0/s1. The molecule has 1 atom stereocenters. The van der Waals surface area contributed by atoms with Crippen LogP contribution in [0, 0.1) is 5.92 Å². The number of benzene rings is 1. The second kappa shape index (κ2) is 15.0. The largest absolute Gasteiger partial charge is 0.494 e. The number of nitrogens with zero attached hydrogens (tertiary/aromatic N) is 2. The predicted molar refractivity (Wildman–Crippen MR) is 128 cm³/mol. The minimum Gasteiger partial charge on any atom is -0.494 e.